The molecule has 0 saturated heterocycles. The van der Waals surface area contributed by atoms with Crippen LogP contribution >= 0.6 is 0 Å². The van der Waals surface area contributed by atoms with E-state index in [9.17, 15) is 9.59 Å². The third kappa shape index (κ3) is 1.42. The molecule has 4 heteroatoms. The number of hydrogen-bond donors (Lipinski definition) is 2. The highest BCUT2D eigenvalue weighted by molar-refractivity contribution is 6.33. The number of aromatic hydroxyl groups is 1. The number of Topliss-reactive ketones (excluding diaryl/α,β-unsaturated/α-hetero) is 1. The number of nitrogen functional groups attached to an aromatic ring is 1. The Hall–Kier alpha value is -1.84. The zero-order valence-electron chi connectivity index (χ0n) is 6.15. The van der Waals surface area contributed by atoms with E-state index in [-0.39, 0.29) is 23.3 Å². The summed E-state index contributed by atoms with van der Waals surface area (Å²) in [6.45, 7) is 0. The van der Waals surface area contributed by atoms with Gasteiger partial charge in [0.05, 0.1) is 5.69 Å². The summed E-state index contributed by atoms with van der Waals surface area (Å²) in [7, 11) is 0. The standard InChI is InChI=1S/C8H7NO3/c9-6-3-5(8(12)4-10)1-2-7(6)11/h1-4,11H,9H2. The van der Waals surface area contributed by atoms with E-state index in [0.29, 0.717) is 0 Å². The van der Waals surface area contributed by atoms with Crippen LogP contribution in [0.5, 0.6) is 5.75 Å². The molecule has 0 spiro atoms. The summed E-state index contributed by atoms with van der Waals surface area (Å²) in [6, 6.07) is 3.86. The van der Waals surface area contributed by atoms with Crippen molar-refractivity contribution in [2.45, 2.75) is 0 Å². The third-order valence-electron chi connectivity index (χ3n) is 1.42. The van der Waals surface area contributed by atoms with Gasteiger partial charge < -0.3 is 10.8 Å². The monoisotopic (exact) mass is 165 g/mol. The predicted molar refractivity (Wildman–Crippen MR) is 42.9 cm³/mol. The first kappa shape index (κ1) is 8.26. The Morgan fingerprint density at radius 3 is 2.67 bits per heavy atom. The summed E-state index contributed by atoms with van der Waals surface area (Å²) in [4.78, 5) is 20.8. The molecule has 1 rings (SSSR count). The molecule has 0 radical (unpaired) electrons. The van der Waals surface area contributed by atoms with Crippen LogP contribution in [-0.4, -0.2) is 17.2 Å². The fourth-order valence-electron chi connectivity index (χ4n) is 0.776. The molecule has 0 aliphatic carbocycles. The van der Waals surface area contributed by atoms with Crippen molar-refractivity contribution < 1.29 is 14.7 Å². The second-order valence-electron chi connectivity index (χ2n) is 2.26. The lowest BCUT2D eigenvalue weighted by molar-refractivity contribution is -0.104. The third-order valence-corrected chi connectivity index (χ3v) is 1.42. The van der Waals surface area contributed by atoms with Gasteiger partial charge in [-0.2, -0.15) is 0 Å². The van der Waals surface area contributed by atoms with Crippen molar-refractivity contribution in [3.8, 4) is 5.75 Å². The zero-order valence-corrected chi connectivity index (χ0v) is 6.15. The number of rotatable bonds is 2. The number of phenols is 1. The fraction of sp³-hybridized carbons (Fsp3) is 0. The molecule has 4 nitrogen and oxygen atoms in total. The molecular formula is C8H7NO3. The molecule has 0 bridgehead atoms. The number of hydrogen-bond acceptors (Lipinski definition) is 4. The number of nitrogens with two attached hydrogens (primary N) is 1. The van der Waals surface area contributed by atoms with E-state index < -0.39 is 5.78 Å². The van der Waals surface area contributed by atoms with Gasteiger partial charge >= 0.3 is 0 Å². The molecule has 0 heterocycles. The molecule has 62 valence electrons. The Morgan fingerprint density at radius 1 is 1.50 bits per heavy atom. The molecular weight excluding hydrogens is 158 g/mol. The van der Waals surface area contributed by atoms with Crippen molar-refractivity contribution in [2.24, 2.45) is 0 Å². The highest BCUT2D eigenvalue weighted by atomic mass is 16.3. The SMILES string of the molecule is Nc1cc(C(=O)C=O)ccc1O. The molecule has 0 fully saturated rings. The van der Waals surface area contributed by atoms with Crippen LogP contribution in [0.25, 0.3) is 0 Å². The molecule has 0 aliphatic rings. The van der Waals surface area contributed by atoms with Crippen LogP contribution < -0.4 is 5.73 Å². The van der Waals surface area contributed by atoms with E-state index >= 15 is 0 Å². The lowest BCUT2D eigenvalue weighted by Crippen LogP contribution is -2.00. The van der Waals surface area contributed by atoms with E-state index in [0.717, 1.165) is 0 Å². The normalized spacial score (nSPS) is 9.33. The van der Waals surface area contributed by atoms with Crippen LogP contribution in [0.4, 0.5) is 5.69 Å². The van der Waals surface area contributed by atoms with Gasteiger partial charge in [-0.3, -0.25) is 9.59 Å². The van der Waals surface area contributed by atoms with E-state index in [1.165, 1.54) is 18.2 Å². The fourth-order valence-corrected chi connectivity index (χ4v) is 0.776. The van der Waals surface area contributed by atoms with Gasteiger partial charge in [0.1, 0.15) is 5.75 Å². The maximum absolute atomic E-state index is 10.8. The van der Waals surface area contributed by atoms with Crippen molar-refractivity contribution in [2.75, 3.05) is 5.73 Å². The second-order valence-corrected chi connectivity index (χ2v) is 2.26. The summed E-state index contributed by atoms with van der Waals surface area (Å²) in [6.07, 6.45) is 0.200. The van der Waals surface area contributed by atoms with Crippen molar-refractivity contribution in [1.82, 2.24) is 0 Å². The van der Waals surface area contributed by atoms with Gasteiger partial charge in [0.15, 0.2) is 6.29 Å². The molecule has 1 aromatic carbocycles. The highest BCUT2D eigenvalue weighted by Crippen LogP contribution is 2.20. The largest absolute Gasteiger partial charge is 0.506 e. The number of carbonyl (C=O) groups excluding carboxylic acids is 2. The van der Waals surface area contributed by atoms with Crippen LogP contribution in [0.1, 0.15) is 10.4 Å². The molecule has 12 heavy (non-hydrogen) atoms. The molecule has 1 aromatic rings. The molecule has 0 unspecified atom stereocenters. The maximum Gasteiger partial charge on any atom is 0.225 e. The van der Waals surface area contributed by atoms with Crippen molar-refractivity contribution in [3.05, 3.63) is 23.8 Å². The molecule has 3 N–H and O–H groups in total. The minimum atomic E-state index is -0.651. The number of aldehydes is 1. The molecule has 0 aliphatic heterocycles. The lowest BCUT2D eigenvalue weighted by atomic mass is 10.1. The average Bonchev–Trinajstić information content (AvgIpc) is 2.08. The smallest absolute Gasteiger partial charge is 0.225 e. The Kier molecular flexibility index (Phi) is 2.09. The first-order valence-electron chi connectivity index (χ1n) is 3.23. The first-order chi connectivity index (χ1) is 5.65. The van der Waals surface area contributed by atoms with E-state index in [4.69, 9.17) is 10.8 Å². The Bertz CT molecular complexity index is 333. The van der Waals surface area contributed by atoms with Crippen molar-refractivity contribution >= 4 is 17.8 Å². The summed E-state index contributed by atoms with van der Waals surface area (Å²) in [5, 5.41) is 8.97. The predicted octanol–water partition coefficient (Wildman–Crippen LogP) is 0.356. The van der Waals surface area contributed by atoms with Gasteiger partial charge in [-0.25, -0.2) is 0 Å². The van der Waals surface area contributed by atoms with E-state index in [1.807, 2.05) is 0 Å². The minimum absolute atomic E-state index is 0.0858. The second kappa shape index (κ2) is 3.04. The quantitative estimate of drug-likeness (QED) is 0.218. The number of carbonyl (C=O) groups is 2. The van der Waals surface area contributed by atoms with Gasteiger partial charge in [0.25, 0.3) is 0 Å². The molecule has 0 amide bonds. The van der Waals surface area contributed by atoms with E-state index in [1.54, 1.807) is 0 Å². The number of ketones is 1. The Labute approximate surface area is 68.6 Å². The van der Waals surface area contributed by atoms with Crippen LogP contribution in [-0.2, 0) is 4.79 Å². The molecule has 0 aromatic heterocycles. The Morgan fingerprint density at radius 2 is 2.17 bits per heavy atom. The zero-order chi connectivity index (χ0) is 9.14. The van der Waals surface area contributed by atoms with Crippen LogP contribution in [0.2, 0.25) is 0 Å². The lowest BCUT2D eigenvalue weighted by Gasteiger charge is -1.98. The summed E-state index contributed by atoms with van der Waals surface area (Å²) in [5.41, 5.74) is 5.56. The number of benzene rings is 1. The minimum Gasteiger partial charge on any atom is -0.506 e. The topological polar surface area (TPSA) is 80.4 Å². The summed E-state index contributed by atoms with van der Waals surface area (Å²) in [5.74, 6) is -0.751. The van der Waals surface area contributed by atoms with Crippen LogP contribution in [0.3, 0.4) is 0 Å². The molecule has 0 saturated carbocycles. The molecule has 0 atom stereocenters. The van der Waals surface area contributed by atoms with E-state index in [2.05, 4.69) is 0 Å². The first-order valence-corrected chi connectivity index (χ1v) is 3.23. The van der Waals surface area contributed by atoms with Crippen LogP contribution in [0, 0.1) is 0 Å². The Balaban J connectivity index is 3.13. The summed E-state index contributed by atoms with van der Waals surface area (Å²) >= 11 is 0. The van der Waals surface area contributed by atoms with Gasteiger partial charge in [-0.05, 0) is 18.2 Å². The van der Waals surface area contributed by atoms with Crippen molar-refractivity contribution in [1.29, 1.82) is 0 Å². The average molecular weight is 165 g/mol. The number of anilines is 1. The van der Waals surface area contributed by atoms with Gasteiger partial charge in [-0.1, -0.05) is 0 Å². The maximum atomic E-state index is 10.8. The van der Waals surface area contributed by atoms with Gasteiger partial charge in [0.2, 0.25) is 5.78 Å². The van der Waals surface area contributed by atoms with Gasteiger partial charge in [0, 0.05) is 5.56 Å². The van der Waals surface area contributed by atoms with Crippen molar-refractivity contribution in [3.63, 3.8) is 0 Å². The van der Waals surface area contributed by atoms with Crippen LogP contribution in [0.15, 0.2) is 18.2 Å². The summed E-state index contributed by atoms with van der Waals surface area (Å²) < 4.78 is 0. The highest BCUT2D eigenvalue weighted by Gasteiger charge is 2.05. The number of phenolic OH excluding ortho intramolecular Hbond substituents is 1. The van der Waals surface area contributed by atoms with Gasteiger partial charge in [-0.15, -0.1) is 0 Å².